The standard InChI is InChI=1S/C25H27N7O3/c1-3-15-11-31(24(34)25(14-26)6-7-25)13-19(15)30-22-18(23(27)33)10-29-32-12-17(8-20(22)32)16-4-5-21(35-2)28-9-16/h4-5,8-10,12,15,19,30H,3,6-7,11,13H2,1-2H3,(H2,27,33)/t15-,19+/m0/s1. The van der Waals surface area contributed by atoms with E-state index in [1.165, 1.54) is 6.20 Å². The number of rotatable bonds is 7. The molecule has 10 nitrogen and oxygen atoms in total. The number of fused-ring (bicyclic) bond motifs is 1. The van der Waals surface area contributed by atoms with Gasteiger partial charge in [-0.1, -0.05) is 6.92 Å². The molecule has 2 amide bonds. The number of aromatic nitrogens is 3. The van der Waals surface area contributed by atoms with Gasteiger partial charge in [-0.2, -0.15) is 10.4 Å². The molecular weight excluding hydrogens is 446 g/mol. The van der Waals surface area contributed by atoms with Gasteiger partial charge in [-0.25, -0.2) is 9.50 Å². The Morgan fingerprint density at radius 3 is 2.69 bits per heavy atom. The Labute approximate surface area is 202 Å². The summed E-state index contributed by atoms with van der Waals surface area (Å²) in [5, 5.41) is 17.4. The lowest BCUT2D eigenvalue weighted by atomic mass is 10.00. The Bertz CT molecular complexity index is 1340. The SMILES string of the molecule is CC[C@H]1CN(C(=O)C2(C#N)CC2)C[C@H]1Nc1c(C(N)=O)cnn2cc(-c3ccc(OC)nc3)cc12. The van der Waals surface area contributed by atoms with Crippen molar-refractivity contribution in [1.29, 1.82) is 5.26 Å². The molecule has 35 heavy (non-hydrogen) atoms. The van der Waals surface area contributed by atoms with Crippen LogP contribution < -0.4 is 15.8 Å². The first-order valence-electron chi connectivity index (χ1n) is 11.7. The number of primary amides is 1. The predicted octanol–water partition coefficient (Wildman–Crippen LogP) is 2.46. The monoisotopic (exact) mass is 473 g/mol. The number of nitrogens with one attached hydrogen (secondary N) is 1. The molecular formula is C25H27N7O3. The van der Waals surface area contributed by atoms with Gasteiger partial charge in [-0.15, -0.1) is 0 Å². The number of ether oxygens (including phenoxy) is 1. The minimum Gasteiger partial charge on any atom is -0.481 e. The highest BCUT2D eigenvalue weighted by atomic mass is 16.5. The molecule has 0 spiro atoms. The van der Waals surface area contributed by atoms with Gasteiger partial charge in [0, 0.05) is 48.7 Å². The second kappa shape index (κ2) is 8.58. The number of anilines is 1. The third kappa shape index (κ3) is 3.93. The molecule has 0 bridgehead atoms. The summed E-state index contributed by atoms with van der Waals surface area (Å²) in [6.45, 7) is 3.12. The minimum atomic E-state index is -0.849. The minimum absolute atomic E-state index is 0.0882. The number of pyridine rings is 1. The molecule has 1 aliphatic heterocycles. The van der Waals surface area contributed by atoms with Crippen LogP contribution in [-0.2, 0) is 4.79 Å². The van der Waals surface area contributed by atoms with Crippen molar-refractivity contribution < 1.29 is 14.3 Å². The average Bonchev–Trinajstić information content (AvgIpc) is 3.38. The number of hydrogen-bond donors (Lipinski definition) is 2. The van der Waals surface area contributed by atoms with Crippen LogP contribution in [0.5, 0.6) is 5.88 Å². The molecule has 2 aliphatic rings. The van der Waals surface area contributed by atoms with E-state index in [0.717, 1.165) is 17.5 Å². The van der Waals surface area contributed by atoms with Gasteiger partial charge in [-0.3, -0.25) is 9.59 Å². The highest BCUT2D eigenvalue weighted by Crippen LogP contribution is 2.47. The molecule has 0 unspecified atom stereocenters. The van der Waals surface area contributed by atoms with Gasteiger partial charge < -0.3 is 20.7 Å². The van der Waals surface area contributed by atoms with Crippen molar-refractivity contribution in [3.05, 3.63) is 42.4 Å². The third-order valence-corrected chi connectivity index (χ3v) is 7.14. The molecule has 180 valence electrons. The molecule has 5 rings (SSSR count). The van der Waals surface area contributed by atoms with Gasteiger partial charge in [0.15, 0.2) is 0 Å². The Hall–Kier alpha value is -4.13. The zero-order chi connectivity index (χ0) is 24.7. The van der Waals surface area contributed by atoms with Gasteiger partial charge in [0.25, 0.3) is 5.91 Å². The molecule has 1 aliphatic carbocycles. The lowest BCUT2D eigenvalue weighted by Crippen LogP contribution is -2.36. The van der Waals surface area contributed by atoms with Crippen LogP contribution in [0.2, 0.25) is 0 Å². The number of nitriles is 1. The zero-order valence-corrected chi connectivity index (χ0v) is 19.7. The van der Waals surface area contributed by atoms with Crippen LogP contribution in [0.1, 0.15) is 36.5 Å². The van der Waals surface area contributed by atoms with Crippen molar-refractivity contribution in [3.63, 3.8) is 0 Å². The number of hydrogen-bond acceptors (Lipinski definition) is 7. The number of nitrogens with zero attached hydrogens (tertiary/aromatic N) is 5. The van der Waals surface area contributed by atoms with Crippen LogP contribution in [0.25, 0.3) is 16.6 Å². The van der Waals surface area contributed by atoms with Crippen molar-refractivity contribution in [2.24, 2.45) is 17.1 Å². The fourth-order valence-corrected chi connectivity index (χ4v) is 4.83. The second-order valence-corrected chi connectivity index (χ2v) is 9.27. The number of likely N-dealkylation sites (tertiary alicyclic amines) is 1. The smallest absolute Gasteiger partial charge is 0.252 e. The van der Waals surface area contributed by atoms with Crippen molar-refractivity contribution in [2.75, 3.05) is 25.5 Å². The quantitative estimate of drug-likeness (QED) is 0.537. The van der Waals surface area contributed by atoms with Crippen LogP contribution in [0.15, 0.2) is 36.8 Å². The summed E-state index contributed by atoms with van der Waals surface area (Å²) in [7, 11) is 1.56. The molecule has 1 saturated carbocycles. The van der Waals surface area contributed by atoms with E-state index < -0.39 is 11.3 Å². The van der Waals surface area contributed by atoms with E-state index in [-0.39, 0.29) is 23.4 Å². The van der Waals surface area contributed by atoms with Crippen molar-refractivity contribution in [2.45, 2.75) is 32.2 Å². The van der Waals surface area contributed by atoms with E-state index in [1.807, 2.05) is 18.3 Å². The van der Waals surface area contributed by atoms with Gasteiger partial charge >= 0.3 is 0 Å². The summed E-state index contributed by atoms with van der Waals surface area (Å²) in [4.78, 5) is 31.3. The van der Waals surface area contributed by atoms with E-state index in [0.29, 0.717) is 43.0 Å². The summed E-state index contributed by atoms with van der Waals surface area (Å²) in [6.07, 6.45) is 7.13. The first kappa shape index (κ1) is 22.7. The molecule has 3 aromatic heterocycles. The highest BCUT2D eigenvalue weighted by Gasteiger charge is 2.54. The third-order valence-electron chi connectivity index (χ3n) is 7.14. The van der Waals surface area contributed by atoms with Crippen LogP contribution in [0.4, 0.5) is 5.69 Å². The van der Waals surface area contributed by atoms with E-state index in [2.05, 4.69) is 28.4 Å². The first-order chi connectivity index (χ1) is 16.9. The maximum atomic E-state index is 13.0. The lowest BCUT2D eigenvalue weighted by molar-refractivity contribution is -0.134. The van der Waals surface area contributed by atoms with Gasteiger partial charge in [0.2, 0.25) is 11.8 Å². The van der Waals surface area contributed by atoms with Gasteiger partial charge in [0.1, 0.15) is 5.41 Å². The zero-order valence-electron chi connectivity index (χ0n) is 19.7. The molecule has 10 heteroatoms. The Morgan fingerprint density at radius 2 is 2.09 bits per heavy atom. The van der Waals surface area contributed by atoms with E-state index >= 15 is 0 Å². The number of carbonyl (C=O) groups is 2. The van der Waals surface area contributed by atoms with Crippen molar-refractivity contribution in [3.8, 4) is 23.1 Å². The van der Waals surface area contributed by atoms with E-state index in [4.69, 9.17) is 10.5 Å². The largest absolute Gasteiger partial charge is 0.481 e. The molecule has 1 saturated heterocycles. The fourth-order valence-electron chi connectivity index (χ4n) is 4.83. The number of amides is 2. The Kier molecular flexibility index (Phi) is 5.55. The second-order valence-electron chi connectivity index (χ2n) is 9.27. The number of methoxy groups -OCH3 is 1. The van der Waals surface area contributed by atoms with Crippen molar-refractivity contribution >= 4 is 23.0 Å². The Morgan fingerprint density at radius 1 is 1.29 bits per heavy atom. The predicted molar refractivity (Wildman–Crippen MR) is 129 cm³/mol. The van der Waals surface area contributed by atoms with Crippen LogP contribution in [-0.4, -0.2) is 57.6 Å². The van der Waals surface area contributed by atoms with E-state index in [9.17, 15) is 14.9 Å². The number of carbonyl (C=O) groups excluding carboxylic acids is 2. The summed E-state index contributed by atoms with van der Waals surface area (Å²) < 4.78 is 6.84. The molecule has 3 aromatic rings. The highest BCUT2D eigenvalue weighted by molar-refractivity contribution is 6.02. The lowest BCUT2D eigenvalue weighted by Gasteiger charge is -2.22. The Balaban J connectivity index is 1.49. The summed E-state index contributed by atoms with van der Waals surface area (Å²) >= 11 is 0. The molecule has 3 N–H and O–H groups in total. The summed E-state index contributed by atoms with van der Waals surface area (Å²) in [5.74, 6) is 0.0124. The van der Waals surface area contributed by atoms with Crippen LogP contribution in [0.3, 0.4) is 0 Å². The van der Waals surface area contributed by atoms with Crippen molar-refractivity contribution in [1.82, 2.24) is 19.5 Å². The maximum Gasteiger partial charge on any atom is 0.252 e. The molecule has 4 heterocycles. The fraction of sp³-hybridized carbons (Fsp3) is 0.400. The maximum absolute atomic E-state index is 13.0. The van der Waals surface area contributed by atoms with E-state index in [1.54, 1.807) is 28.8 Å². The number of nitrogens with two attached hydrogens (primary N) is 1. The molecule has 0 aromatic carbocycles. The molecule has 2 atom stereocenters. The van der Waals surface area contributed by atoms with Gasteiger partial charge in [-0.05, 0) is 37.3 Å². The topological polar surface area (TPSA) is 139 Å². The summed E-state index contributed by atoms with van der Waals surface area (Å²) in [5.41, 5.74) is 8.16. The molecule has 2 fully saturated rings. The van der Waals surface area contributed by atoms with Gasteiger partial charge in [0.05, 0.1) is 36.1 Å². The summed E-state index contributed by atoms with van der Waals surface area (Å²) in [6, 6.07) is 7.72. The van der Waals surface area contributed by atoms with Crippen LogP contribution in [0, 0.1) is 22.7 Å². The normalized spacial score (nSPS) is 20.4. The first-order valence-corrected chi connectivity index (χ1v) is 11.7. The molecule has 0 radical (unpaired) electrons. The average molecular weight is 474 g/mol. The van der Waals surface area contributed by atoms with Crippen LogP contribution >= 0.6 is 0 Å².